The quantitative estimate of drug-likeness (QED) is 0.531. The molecule has 0 unspecified atom stereocenters. The predicted octanol–water partition coefficient (Wildman–Crippen LogP) is 3.49. The zero-order chi connectivity index (χ0) is 16.3. The first-order chi connectivity index (χ1) is 10.4. The Bertz CT molecular complexity index is 716. The number of anilines is 1. The van der Waals surface area contributed by atoms with E-state index in [9.17, 15) is 14.0 Å². The monoisotopic (exact) mass is 321 g/mol. The van der Waals surface area contributed by atoms with Gasteiger partial charge < -0.3 is 10.5 Å². The van der Waals surface area contributed by atoms with E-state index in [1.807, 2.05) is 0 Å². The lowest BCUT2D eigenvalue weighted by molar-refractivity contribution is 0.0320. The summed E-state index contributed by atoms with van der Waals surface area (Å²) in [5, 5.41) is 0.393. The van der Waals surface area contributed by atoms with Gasteiger partial charge in [0.05, 0.1) is 5.56 Å². The van der Waals surface area contributed by atoms with Crippen LogP contribution in [-0.2, 0) is 4.74 Å². The molecule has 0 bridgehead atoms. The van der Waals surface area contributed by atoms with Crippen molar-refractivity contribution in [3.63, 3.8) is 0 Å². The number of Topliss-reactive ketones (excluding diaryl/α,β-unsaturated/α-hetero) is 1. The second-order valence-electron chi connectivity index (χ2n) is 4.65. The molecule has 2 N–H and O–H groups in total. The topological polar surface area (TPSA) is 69.4 Å². The maximum atomic E-state index is 12.8. The van der Waals surface area contributed by atoms with Crippen molar-refractivity contribution in [2.24, 2.45) is 0 Å². The van der Waals surface area contributed by atoms with Crippen LogP contribution >= 0.6 is 11.6 Å². The summed E-state index contributed by atoms with van der Waals surface area (Å²) in [4.78, 5) is 24.1. The fraction of sp³-hybridized carbons (Fsp3) is 0.125. The van der Waals surface area contributed by atoms with Crippen LogP contribution in [0.1, 0.15) is 27.6 Å². The second-order valence-corrected chi connectivity index (χ2v) is 5.09. The number of hydrogen-bond donors (Lipinski definition) is 1. The molecule has 114 valence electrons. The number of ether oxygens (including phenoxy) is 1. The maximum absolute atomic E-state index is 12.8. The number of halogens is 2. The SMILES string of the molecule is C[C@@H](OC(=O)c1ccc(Cl)cc1N)C(=O)c1ccc(F)cc1. The molecule has 2 rings (SSSR count). The van der Waals surface area contributed by atoms with Crippen LogP contribution in [0.5, 0.6) is 0 Å². The second kappa shape index (κ2) is 6.58. The summed E-state index contributed by atoms with van der Waals surface area (Å²) >= 11 is 5.75. The highest BCUT2D eigenvalue weighted by Crippen LogP contribution is 2.20. The number of benzene rings is 2. The summed E-state index contributed by atoms with van der Waals surface area (Å²) in [5.41, 5.74) is 6.24. The highest BCUT2D eigenvalue weighted by molar-refractivity contribution is 6.31. The van der Waals surface area contributed by atoms with Crippen molar-refractivity contribution in [1.29, 1.82) is 0 Å². The van der Waals surface area contributed by atoms with E-state index in [1.165, 1.54) is 49.4 Å². The van der Waals surface area contributed by atoms with Crippen molar-refractivity contribution >= 4 is 29.0 Å². The maximum Gasteiger partial charge on any atom is 0.340 e. The van der Waals surface area contributed by atoms with Gasteiger partial charge >= 0.3 is 5.97 Å². The number of nitrogen functional groups attached to an aromatic ring is 1. The molecule has 0 aromatic heterocycles. The van der Waals surface area contributed by atoms with E-state index in [2.05, 4.69) is 0 Å². The van der Waals surface area contributed by atoms with Crippen molar-refractivity contribution in [3.8, 4) is 0 Å². The van der Waals surface area contributed by atoms with Gasteiger partial charge in [-0.15, -0.1) is 0 Å². The zero-order valence-electron chi connectivity index (χ0n) is 11.7. The van der Waals surface area contributed by atoms with Crippen LogP contribution in [0.15, 0.2) is 42.5 Å². The van der Waals surface area contributed by atoms with E-state index < -0.39 is 23.7 Å². The molecule has 22 heavy (non-hydrogen) atoms. The van der Waals surface area contributed by atoms with Crippen LogP contribution in [-0.4, -0.2) is 17.9 Å². The molecule has 1 atom stereocenters. The van der Waals surface area contributed by atoms with Gasteiger partial charge in [0, 0.05) is 16.3 Å². The molecule has 2 aromatic rings. The molecule has 0 aliphatic carbocycles. The average molecular weight is 322 g/mol. The molecule has 0 saturated heterocycles. The Balaban J connectivity index is 2.10. The summed E-state index contributed by atoms with van der Waals surface area (Å²) in [7, 11) is 0. The van der Waals surface area contributed by atoms with E-state index in [-0.39, 0.29) is 16.8 Å². The minimum atomic E-state index is -1.02. The molecule has 0 spiro atoms. The van der Waals surface area contributed by atoms with Crippen LogP contribution in [0.3, 0.4) is 0 Å². The number of nitrogens with two attached hydrogens (primary N) is 1. The highest BCUT2D eigenvalue weighted by Gasteiger charge is 2.21. The first-order valence-electron chi connectivity index (χ1n) is 6.44. The minimum absolute atomic E-state index is 0.128. The molecule has 0 radical (unpaired) electrons. The zero-order valence-corrected chi connectivity index (χ0v) is 12.4. The molecule has 4 nitrogen and oxygen atoms in total. The van der Waals surface area contributed by atoms with E-state index in [0.29, 0.717) is 5.02 Å². The van der Waals surface area contributed by atoms with Crippen LogP contribution < -0.4 is 5.73 Å². The third-order valence-electron chi connectivity index (χ3n) is 3.02. The molecular formula is C16H13ClFNO3. The summed E-state index contributed by atoms with van der Waals surface area (Å²) in [6.45, 7) is 1.44. The number of ketones is 1. The Hall–Kier alpha value is -2.40. The lowest BCUT2D eigenvalue weighted by Gasteiger charge is -2.13. The minimum Gasteiger partial charge on any atom is -0.451 e. The number of carbonyl (C=O) groups is 2. The predicted molar refractivity (Wildman–Crippen MR) is 81.5 cm³/mol. The highest BCUT2D eigenvalue weighted by atomic mass is 35.5. The van der Waals surface area contributed by atoms with E-state index in [1.54, 1.807) is 0 Å². The lowest BCUT2D eigenvalue weighted by atomic mass is 10.1. The first kappa shape index (κ1) is 16.0. The summed E-state index contributed by atoms with van der Waals surface area (Å²) in [6.07, 6.45) is -1.02. The van der Waals surface area contributed by atoms with Crippen LogP contribution in [0.4, 0.5) is 10.1 Å². The molecule has 6 heteroatoms. The Morgan fingerprint density at radius 3 is 2.41 bits per heavy atom. The number of hydrogen-bond acceptors (Lipinski definition) is 4. The van der Waals surface area contributed by atoms with Gasteiger partial charge in [0.2, 0.25) is 5.78 Å². The molecule has 2 aromatic carbocycles. The fourth-order valence-electron chi connectivity index (χ4n) is 1.85. The smallest absolute Gasteiger partial charge is 0.340 e. The number of carbonyl (C=O) groups excluding carboxylic acids is 2. The standard InChI is InChI=1S/C16H13ClFNO3/c1-9(15(20)10-2-5-12(18)6-3-10)22-16(21)13-7-4-11(17)8-14(13)19/h2-9H,19H2,1H3/t9-/m1/s1. The van der Waals surface area contributed by atoms with Crippen molar-refractivity contribution < 1.29 is 18.7 Å². The third-order valence-corrected chi connectivity index (χ3v) is 3.25. The summed E-state index contributed by atoms with van der Waals surface area (Å²) < 4.78 is 17.9. The van der Waals surface area contributed by atoms with E-state index in [4.69, 9.17) is 22.1 Å². The van der Waals surface area contributed by atoms with Gasteiger partial charge in [-0.3, -0.25) is 4.79 Å². The van der Waals surface area contributed by atoms with Crippen LogP contribution in [0.2, 0.25) is 5.02 Å². The Labute approximate surface area is 131 Å². The molecular weight excluding hydrogens is 309 g/mol. The van der Waals surface area contributed by atoms with Gasteiger partial charge in [-0.1, -0.05) is 11.6 Å². The van der Waals surface area contributed by atoms with Gasteiger partial charge in [-0.2, -0.15) is 0 Å². The molecule has 0 amide bonds. The number of esters is 1. The summed E-state index contributed by atoms with van der Waals surface area (Å²) in [6, 6.07) is 9.34. The van der Waals surface area contributed by atoms with E-state index >= 15 is 0 Å². The molecule has 0 aliphatic rings. The lowest BCUT2D eigenvalue weighted by Crippen LogP contribution is -2.24. The van der Waals surface area contributed by atoms with Gasteiger partial charge in [0.1, 0.15) is 5.82 Å². The van der Waals surface area contributed by atoms with Gasteiger partial charge in [-0.05, 0) is 49.4 Å². The Morgan fingerprint density at radius 1 is 1.18 bits per heavy atom. The average Bonchev–Trinajstić information content (AvgIpc) is 2.47. The first-order valence-corrected chi connectivity index (χ1v) is 6.82. The van der Waals surface area contributed by atoms with Crippen molar-refractivity contribution in [1.82, 2.24) is 0 Å². The third kappa shape index (κ3) is 3.62. The molecule has 0 heterocycles. The van der Waals surface area contributed by atoms with E-state index in [0.717, 1.165) is 0 Å². The van der Waals surface area contributed by atoms with Gasteiger partial charge in [0.25, 0.3) is 0 Å². The molecule has 0 saturated carbocycles. The molecule has 0 aliphatic heterocycles. The van der Waals surface area contributed by atoms with Crippen molar-refractivity contribution in [3.05, 3.63) is 64.4 Å². The van der Waals surface area contributed by atoms with Crippen LogP contribution in [0, 0.1) is 5.82 Å². The molecule has 0 fully saturated rings. The summed E-state index contributed by atoms with van der Waals surface area (Å²) in [5.74, 6) is -1.60. The van der Waals surface area contributed by atoms with Crippen LogP contribution in [0.25, 0.3) is 0 Å². The largest absolute Gasteiger partial charge is 0.451 e. The normalized spacial score (nSPS) is 11.8. The van der Waals surface area contributed by atoms with Crippen molar-refractivity contribution in [2.75, 3.05) is 5.73 Å². The van der Waals surface area contributed by atoms with Gasteiger partial charge in [-0.25, -0.2) is 9.18 Å². The number of rotatable bonds is 4. The van der Waals surface area contributed by atoms with Gasteiger partial charge in [0.15, 0.2) is 6.10 Å². The fourth-order valence-corrected chi connectivity index (χ4v) is 2.03. The van der Waals surface area contributed by atoms with Crippen molar-refractivity contribution in [2.45, 2.75) is 13.0 Å². The Morgan fingerprint density at radius 2 is 1.82 bits per heavy atom. The Kier molecular flexibility index (Phi) is 4.78.